The van der Waals surface area contributed by atoms with Gasteiger partial charge in [0, 0.05) is 18.5 Å². The van der Waals surface area contributed by atoms with E-state index in [0.29, 0.717) is 11.1 Å². The Morgan fingerprint density at radius 1 is 1.00 bits per heavy atom. The first-order valence-corrected chi connectivity index (χ1v) is 6.52. The summed E-state index contributed by atoms with van der Waals surface area (Å²) in [5, 5.41) is 9.01. The van der Waals surface area contributed by atoms with E-state index >= 15 is 0 Å². The van der Waals surface area contributed by atoms with Crippen LogP contribution in [-0.2, 0) is 0 Å². The van der Waals surface area contributed by atoms with Crippen molar-refractivity contribution in [3.8, 4) is 16.8 Å². The van der Waals surface area contributed by atoms with Crippen LogP contribution < -0.4 is 0 Å². The monoisotopic (exact) mass is 299 g/mol. The van der Waals surface area contributed by atoms with E-state index in [0.717, 1.165) is 18.2 Å². The largest absolute Gasteiger partial charge is 0.478 e. The van der Waals surface area contributed by atoms with Crippen molar-refractivity contribution < 1.29 is 18.7 Å². The van der Waals surface area contributed by atoms with Crippen LogP contribution >= 0.6 is 0 Å². The van der Waals surface area contributed by atoms with Crippen LogP contribution in [0.5, 0.6) is 0 Å². The Morgan fingerprint density at radius 2 is 1.82 bits per heavy atom. The molecule has 110 valence electrons. The van der Waals surface area contributed by atoms with Gasteiger partial charge in [-0.1, -0.05) is 12.1 Å². The summed E-state index contributed by atoms with van der Waals surface area (Å²) < 4.78 is 28.5. The number of carboxylic acid groups (broad SMARTS) is 1. The molecule has 0 aliphatic rings. The second kappa shape index (κ2) is 5.44. The van der Waals surface area contributed by atoms with Crippen LogP contribution in [0.3, 0.4) is 0 Å². The molecule has 3 rings (SSSR count). The van der Waals surface area contributed by atoms with Gasteiger partial charge in [0.25, 0.3) is 0 Å². The van der Waals surface area contributed by atoms with E-state index in [1.807, 2.05) is 0 Å². The predicted octanol–water partition coefficient (Wildman–Crippen LogP) is 4.12. The summed E-state index contributed by atoms with van der Waals surface area (Å²) in [7, 11) is 0. The normalized spacial score (nSPS) is 10.6. The number of benzene rings is 2. The first-order chi connectivity index (χ1) is 10.5. The van der Waals surface area contributed by atoms with Crippen molar-refractivity contribution >= 4 is 5.97 Å². The Morgan fingerprint density at radius 3 is 2.59 bits per heavy atom. The molecular formula is C17H11F2NO2. The Kier molecular flexibility index (Phi) is 3.47. The predicted molar refractivity (Wildman–Crippen MR) is 78.1 cm³/mol. The highest BCUT2D eigenvalue weighted by molar-refractivity contribution is 5.89. The molecule has 1 aromatic heterocycles. The lowest BCUT2D eigenvalue weighted by atomic mass is 10.1. The topological polar surface area (TPSA) is 42.2 Å². The molecule has 0 atom stereocenters. The second-order valence-electron chi connectivity index (χ2n) is 4.79. The number of nitrogens with zero attached hydrogens (tertiary/aromatic N) is 1. The zero-order valence-corrected chi connectivity index (χ0v) is 11.3. The molecule has 3 nitrogen and oxygen atoms in total. The molecule has 22 heavy (non-hydrogen) atoms. The van der Waals surface area contributed by atoms with Gasteiger partial charge < -0.3 is 9.67 Å². The quantitative estimate of drug-likeness (QED) is 0.790. The number of rotatable bonds is 3. The number of halogens is 2. The summed E-state index contributed by atoms with van der Waals surface area (Å²) in [5.41, 5.74) is 1.67. The molecule has 1 heterocycles. The molecule has 2 aromatic carbocycles. The van der Waals surface area contributed by atoms with Crippen molar-refractivity contribution in [3.05, 3.63) is 78.1 Å². The van der Waals surface area contributed by atoms with E-state index in [1.165, 1.54) is 16.7 Å². The van der Waals surface area contributed by atoms with Crippen molar-refractivity contribution in [1.29, 1.82) is 0 Å². The molecule has 0 spiro atoms. The highest BCUT2D eigenvalue weighted by Crippen LogP contribution is 2.24. The Bertz CT molecular complexity index is 855. The van der Waals surface area contributed by atoms with Gasteiger partial charge >= 0.3 is 5.97 Å². The summed E-state index contributed by atoms with van der Waals surface area (Å²) in [4.78, 5) is 11.0. The molecule has 0 aliphatic heterocycles. The van der Waals surface area contributed by atoms with Gasteiger partial charge in [-0.3, -0.25) is 0 Å². The van der Waals surface area contributed by atoms with Gasteiger partial charge in [0.1, 0.15) is 11.6 Å². The van der Waals surface area contributed by atoms with Crippen LogP contribution in [-0.4, -0.2) is 15.6 Å². The second-order valence-corrected chi connectivity index (χ2v) is 4.79. The summed E-state index contributed by atoms with van der Waals surface area (Å²) in [5.74, 6) is -2.08. The van der Waals surface area contributed by atoms with Crippen molar-refractivity contribution in [3.63, 3.8) is 0 Å². The van der Waals surface area contributed by atoms with Crippen molar-refractivity contribution in [2.45, 2.75) is 0 Å². The van der Waals surface area contributed by atoms with Gasteiger partial charge in [0.2, 0.25) is 0 Å². The van der Waals surface area contributed by atoms with Gasteiger partial charge in [0.15, 0.2) is 0 Å². The smallest absolute Gasteiger partial charge is 0.335 e. The molecule has 0 unspecified atom stereocenters. The number of hydrogen-bond donors (Lipinski definition) is 1. The maximum absolute atomic E-state index is 13.8. The third kappa shape index (κ3) is 2.61. The van der Waals surface area contributed by atoms with Gasteiger partial charge in [0.05, 0.1) is 11.3 Å². The molecule has 0 fully saturated rings. The van der Waals surface area contributed by atoms with Gasteiger partial charge in [-0.15, -0.1) is 0 Å². The molecule has 3 aromatic rings. The third-order valence-corrected chi connectivity index (χ3v) is 3.32. The lowest BCUT2D eigenvalue weighted by molar-refractivity contribution is 0.0697. The Hall–Kier alpha value is -2.95. The number of carboxylic acids is 1. The molecule has 0 bridgehead atoms. The van der Waals surface area contributed by atoms with Crippen molar-refractivity contribution in [2.75, 3.05) is 0 Å². The number of aromatic carboxylic acids is 1. The average molecular weight is 299 g/mol. The maximum atomic E-state index is 13.8. The van der Waals surface area contributed by atoms with E-state index in [4.69, 9.17) is 5.11 Å². The Balaban J connectivity index is 2.02. The zero-order valence-electron chi connectivity index (χ0n) is 11.3. The minimum Gasteiger partial charge on any atom is -0.478 e. The molecular weight excluding hydrogens is 288 g/mol. The van der Waals surface area contributed by atoms with Gasteiger partial charge in [-0.25, -0.2) is 13.6 Å². The lowest BCUT2D eigenvalue weighted by Gasteiger charge is -2.05. The zero-order chi connectivity index (χ0) is 15.7. The van der Waals surface area contributed by atoms with E-state index in [-0.39, 0.29) is 11.3 Å². The highest BCUT2D eigenvalue weighted by atomic mass is 19.1. The van der Waals surface area contributed by atoms with Crippen LogP contribution in [0.2, 0.25) is 0 Å². The van der Waals surface area contributed by atoms with Crippen LogP contribution in [0, 0.1) is 11.6 Å². The minimum atomic E-state index is -1.02. The van der Waals surface area contributed by atoms with Crippen LogP contribution in [0.4, 0.5) is 8.78 Å². The summed E-state index contributed by atoms with van der Waals surface area (Å²) in [6.45, 7) is 0. The van der Waals surface area contributed by atoms with Crippen LogP contribution in [0.15, 0.2) is 60.9 Å². The fourth-order valence-corrected chi connectivity index (χ4v) is 2.23. The first kappa shape index (κ1) is 14.0. The van der Waals surface area contributed by atoms with Gasteiger partial charge in [-0.2, -0.15) is 0 Å². The Labute approximate surface area is 125 Å². The fourth-order valence-electron chi connectivity index (χ4n) is 2.23. The molecule has 0 saturated heterocycles. The van der Waals surface area contributed by atoms with Crippen molar-refractivity contribution in [1.82, 2.24) is 4.57 Å². The first-order valence-electron chi connectivity index (χ1n) is 6.52. The SMILES string of the molecule is O=C(O)c1cccc(-c2ccn(-c3cc(F)ccc3F)c2)c1. The molecule has 0 radical (unpaired) electrons. The average Bonchev–Trinajstić information content (AvgIpc) is 2.99. The molecule has 0 saturated carbocycles. The highest BCUT2D eigenvalue weighted by Gasteiger charge is 2.09. The number of aromatic nitrogens is 1. The summed E-state index contributed by atoms with van der Waals surface area (Å²) in [6, 6.07) is 11.4. The fraction of sp³-hybridized carbons (Fsp3) is 0. The van der Waals surface area contributed by atoms with E-state index in [2.05, 4.69) is 0 Å². The maximum Gasteiger partial charge on any atom is 0.335 e. The molecule has 0 aliphatic carbocycles. The van der Waals surface area contributed by atoms with Crippen LogP contribution in [0.25, 0.3) is 16.8 Å². The van der Waals surface area contributed by atoms with E-state index in [9.17, 15) is 13.6 Å². The van der Waals surface area contributed by atoms with Crippen LogP contribution in [0.1, 0.15) is 10.4 Å². The van der Waals surface area contributed by atoms with Gasteiger partial charge in [-0.05, 0) is 41.5 Å². The summed E-state index contributed by atoms with van der Waals surface area (Å²) in [6.07, 6.45) is 3.22. The molecule has 5 heteroatoms. The number of carbonyl (C=O) groups is 1. The standard InChI is InChI=1S/C17H11F2NO2/c18-14-4-5-15(19)16(9-14)20-7-6-13(10-20)11-2-1-3-12(8-11)17(21)22/h1-10H,(H,21,22). The van der Waals surface area contributed by atoms with E-state index < -0.39 is 17.6 Å². The summed E-state index contributed by atoms with van der Waals surface area (Å²) >= 11 is 0. The minimum absolute atomic E-state index is 0.0978. The lowest BCUT2D eigenvalue weighted by Crippen LogP contribution is -1.96. The molecule has 0 amide bonds. The third-order valence-electron chi connectivity index (χ3n) is 3.32. The molecule has 1 N–H and O–H groups in total. The number of hydrogen-bond acceptors (Lipinski definition) is 1. The van der Waals surface area contributed by atoms with E-state index in [1.54, 1.807) is 30.6 Å². The van der Waals surface area contributed by atoms with Crippen molar-refractivity contribution in [2.24, 2.45) is 0 Å².